The molecule has 2 aliphatic rings. The summed E-state index contributed by atoms with van der Waals surface area (Å²) in [4.78, 5) is 13.6. The van der Waals surface area contributed by atoms with Gasteiger partial charge in [-0.3, -0.25) is 9.48 Å². The second-order valence-electron chi connectivity index (χ2n) is 6.34. The summed E-state index contributed by atoms with van der Waals surface area (Å²) in [6.07, 6.45) is 8.68. The predicted molar refractivity (Wildman–Crippen MR) is 87.4 cm³/mol. The molecule has 6 heteroatoms. The molecule has 2 heterocycles. The highest BCUT2D eigenvalue weighted by atomic mass is 32.1. The maximum absolute atomic E-state index is 12.2. The molecule has 22 heavy (non-hydrogen) atoms. The Morgan fingerprint density at radius 3 is 3.00 bits per heavy atom. The number of aromatic nitrogens is 2. The lowest BCUT2D eigenvalue weighted by Crippen LogP contribution is -2.37. The standard InChI is InChI=1S/C16H20N4OS/c1-20-8-12(7-17-20)19-16(21)10-5-15(22-9-10)13-6-14(13)18-11-3-2-4-11/h5,7-9,11,13-14,18H,2-4,6H2,1H3,(H,19,21)/t13-,14-/m1/s1. The van der Waals surface area contributed by atoms with Gasteiger partial charge in [0, 0.05) is 41.5 Å². The molecule has 0 unspecified atom stereocenters. The zero-order valence-electron chi connectivity index (χ0n) is 12.6. The molecule has 116 valence electrons. The van der Waals surface area contributed by atoms with Crippen LogP contribution in [0.3, 0.4) is 0 Å². The monoisotopic (exact) mass is 316 g/mol. The predicted octanol–water partition coefficient (Wildman–Crippen LogP) is 2.73. The Kier molecular flexibility index (Phi) is 3.50. The lowest BCUT2D eigenvalue weighted by atomic mass is 9.93. The van der Waals surface area contributed by atoms with Crippen molar-refractivity contribution in [2.75, 3.05) is 5.32 Å². The van der Waals surface area contributed by atoms with Gasteiger partial charge in [0.25, 0.3) is 5.91 Å². The van der Waals surface area contributed by atoms with Crippen LogP contribution < -0.4 is 10.6 Å². The van der Waals surface area contributed by atoms with Crippen molar-refractivity contribution >= 4 is 22.9 Å². The van der Waals surface area contributed by atoms with Gasteiger partial charge in [0.2, 0.25) is 0 Å². The highest BCUT2D eigenvalue weighted by Gasteiger charge is 2.41. The van der Waals surface area contributed by atoms with Crippen molar-refractivity contribution in [2.45, 2.75) is 43.7 Å². The Bertz CT molecular complexity index is 688. The number of aryl methyl sites for hydroxylation is 1. The largest absolute Gasteiger partial charge is 0.319 e. The minimum atomic E-state index is -0.0559. The van der Waals surface area contributed by atoms with E-state index in [1.165, 1.54) is 30.6 Å². The zero-order valence-corrected chi connectivity index (χ0v) is 13.4. The SMILES string of the molecule is Cn1cc(NC(=O)c2csc([C@@H]3C[C@H]3NC3CCC3)c2)cn1. The fourth-order valence-electron chi connectivity index (χ4n) is 2.93. The third-order valence-electron chi connectivity index (χ3n) is 4.56. The third kappa shape index (κ3) is 2.80. The molecular weight excluding hydrogens is 296 g/mol. The highest BCUT2D eigenvalue weighted by Crippen LogP contribution is 2.44. The van der Waals surface area contributed by atoms with Crippen LogP contribution in [0.5, 0.6) is 0 Å². The molecule has 0 spiro atoms. The van der Waals surface area contributed by atoms with Gasteiger partial charge in [0.15, 0.2) is 0 Å². The average molecular weight is 316 g/mol. The Hall–Kier alpha value is -1.66. The summed E-state index contributed by atoms with van der Waals surface area (Å²) in [5, 5.41) is 12.6. The van der Waals surface area contributed by atoms with E-state index in [-0.39, 0.29) is 5.91 Å². The van der Waals surface area contributed by atoms with Crippen molar-refractivity contribution in [3.8, 4) is 0 Å². The van der Waals surface area contributed by atoms with Gasteiger partial charge in [0.05, 0.1) is 17.4 Å². The van der Waals surface area contributed by atoms with Gasteiger partial charge in [0.1, 0.15) is 0 Å². The maximum atomic E-state index is 12.2. The molecule has 0 radical (unpaired) electrons. The van der Waals surface area contributed by atoms with Gasteiger partial charge in [-0.2, -0.15) is 5.10 Å². The normalized spacial score (nSPS) is 24.0. The van der Waals surface area contributed by atoms with E-state index in [2.05, 4.69) is 15.7 Å². The van der Waals surface area contributed by atoms with Gasteiger partial charge in [-0.05, 0) is 25.3 Å². The molecule has 2 aliphatic carbocycles. The van der Waals surface area contributed by atoms with E-state index >= 15 is 0 Å². The summed E-state index contributed by atoms with van der Waals surface area (Å²) in [6, 6.07) is 3.41. The van der Waals surface area contributed by atoms with E-state index < -0.39 is 0 Å². The number of carbonyl (C=O) groups is 1. The van der Waals surface area contributed by atoms with Crippen LogP contribution in [0.25, 0.3) is 0 Å². The smallest absolute Gasteiger partial charge is 0.256 e. The summed E-state index contributed by atoms with van der Waals surface area (Å²) in [6.45, 7) is 0. The van der Waals surface area contributed by atoms with E-state index in [0.717, 1.165) is 17.3 Å². The number of nitrogens with zero attached hydrogens (tertiary/aromatic N) is 2. The molecule has 0 saturated heterocycles. The van der Waals surface area contributed by atoms with Crippen LogP contribution in [0.4, 0.5) is 5.69 Å². The van der Waals surface area contributed by atoms with Gasteiger partial charge in [-0.25, -0.2) is 0 Å². The van der Waals surface area contributed by atoms with Crippen molar-refractivity contribution in [3.05, 3.63) is 34.3 Å². The first-order valence-electron chi connectivity index (χ1n) is 7.83. The first-order valence-corrected chi connectivity index (χ1v) is 8.71. The molecule has 2 N–H and O–H groups in total. The molecule has 5 nitrogen and oxygen atoms in total. The molecule has 0 aliphatic heterocycles. The molecule has 4 rings (SSSR count). The molecule has 0 bridgehead atoms. The number of carbonyl (C=O) groups excluding carboxylic acids is 1. The van der Waals surface area contributed by atoms with E-state index in [1.54, 1.807) is 28.4 Å². The van der Waals surface area contributed by atoms with Crippen molar-refractivity contribution < 1.29 is 4.79 Å². The number of thiophene rings is 1. The molecule has 1 amide bonds. The van der Waals surface area contributed by atoms with E-state index in [4.69, 9.17) is 0 Å². The number of anilines is 1. The molecule has 2 fully saturated rings. The number of nitrogens with one attached hydrogen (secondary N) is 2. The topological polar surface area (TPSA) is 59.0 Å². The van der Waals surface area contributed by atoms with Crippen molar-refractivity contribution in [1.82, 2.24) is 15.1 Å². The zero-order chi connectivity index (χ0) is 15.1. The summed E-state index contributed by atoms with van der Waals surface area (Å²) >= 11 is 1.70. The van der Waals surface area contributed by atoms with Crippen LogP contribution in [0, 0.1) is 0 Å². The Morgan fingerprint density at radius 1 is 1.45 bits per heavy atom. The molecule has 2 aromatic rings. The van der Waals surface area contributed by atoms with Gasteiger partial charge in [-0.15, -0.1) is 11.3 Å². The fraction of sp³-hybridized carbons (Fsp3) is 0.500. The number of amides is 1. The quantitative estimate of drug-likeness (QED) is 0.892. The molecular formula is C16H20N4OS. The Morgan fingerprint density at radius 2 is 2.32 bits per heavy atom. The van der Waals surface area contributed by atoms with Crippen LogP contribution in [0.2, 0.25) is 0 Å². The maximum Gasteiger partial charge on any atom is 0.256 e. The van der Waals surface area contributed by atoms with Crippen LogP contribution in [-0.4, -0.2) is 27.8 Å². The van der Waals surface area contributed by atoms with Gasteiger partial charge in [-0.1, -0.05) is 6.42 Å². The summed E-state index contributed by atoms with van der Waals surface area (Å²) < 4.78 is 1.68. The third-order valence-corrected chi connectivity index (χ3v) is 5.62. The lowest BCUT2D eigenvalue weighted by molar-refractivity contribution is 0.102. The van der Waals surface area contributed by atoms with Gasteiger partial charge < -0.3 is 10.6 Å². The molecule has 2 saturated carbocycles. The van der Waals surface area contributed by atoms with E-state index in [9.17, 15) is 4.79 Å². The van der Waals surface area contributed by atoms with Crippen molar-refractivity contribution in [3.63, 3.8) is 0 Å². The second-order valence-corrected chi connectivity index (χ2v) is 7.28. The van der Waals surface area contributed by atoms with Gasteiger partial charge >= 0.3 is 0 Å². The van der Waals surface area contributed by atoms with Crippen LogP contribution in [0.15, 0.2) is 23.8 Å². The van der Waals surface area contributed by atoms with Crippen LogP contribution in [-0.2, 0) is 7.05 Å². The first-order chi connectivity index (χ1) is 10.7. The van der Waals surface area contributed by atoms with E-state index in [0.29, 0.717) is 12.0 Å². The number of hydrogen-bond acceptors (Lipinski definition) is 4. The fourth-order valence-corrected chi connectivity index (χ4v) is 4.00. The van der Waals surface area contributed by atoms with Crippen molar-refractivity contribution in [1.29, 1.82) is 0 Å². The molecule has 2 atom stereocenters. The second kappa shape index (κ2) is 5.52. The Balaban J connectivity index is 1.36. The molecule has 2 aromatic heterocycles. The summed E-state index contributed by atoms with van der Waals surface area (Å²) in [7, 11) is 1.83. The minimum absolute atomic E-state index is 0.0559. The summed E-state index contributed by atoms with van der Waals surface area (Å²) in [5.41, 5.74) is 1.48. The number of hydrogen-bond donors (Lipinski definition) is 2. The van der Waals surface area contributed by atoms with Crippen LogP contribution >= 0.6 is 11.3 Å². The Labute approximate surface area is 133 Å². The average Bonchev–Trinajstić information content (AvgIpc) is 2.84. The van der Waals surface area contributed by atoms with Crippen LogP contribution in [0.1, 0.15) is 46.8 Å². The van der Waals surface area contributed by atoms with E-state index in [1.807, 2.05) is 18.5 Å². The highest BCUT2D eigenvalue weighted by molar-refractivity contribution is 7.10. The van der Waals surface area contributed by atoms with Crippen molar-refractivity contribution in [2.24, 2.45) is 7.05 Å². The summed E-state index contributed by atoms with van der Waals surface area (Å²) in [5.74, 6) is 0.546. The first kappa shape index (κ1) is 14.0. The molecule has 0 aromatic carbocycles. The lowest BCUT2D eigenvalue weighted by Gasteiger charge is -2.26. The number of rotatable bonds is 5. The minimum Gasteiger partial charge on any atom is -0.319 e.